The summed E-state index contributed by atoms with van der Waals surface area (Å²) >= 11 is 3.03. The maximum Gasteiger partial charge on any atom is 0.404 e. The van der Waals surface area contributed by atoms with Gasteiger partial charge in [0.25, 0.3) is 0 Å². The fourth-order valence-electron chi connectivity index (χ4n) is 1.18. The van der Waals surface area contributed by atoms with E-state index in [1.807, 2.05) is 13.8 Å². The summed E-state index contributed by atoms with van der Waals surface area (Å²) in [4.78, 5) is 9.96. The third-order valence-electron chi connectivity index (χ3n) is 1.89. The van der Waals surface area contributed by atoms with Crippen LogP contribution in [-0.2, 0) is 11.3 Å². The quantitative estimate of drug-likeness (QED) is 0.632. The summed E-state index contributed by atoms with van der Waals surface area (Å²) in [5.74, 6) is -0.262. The van der Waals surface area contributed by atoms with Crippen LogP contribution in [0.2, 0.25) is 0 Å². The molecule has 1 rings (SSSR count). The van der Waals surface area contributed by atoms with Gasteiger partial charge in [0.15, 0.2) is 0 Å². The Morgan fingerprint density at radius 1 is 1.71 bits per heavy atom. The highest BCUT2D eigenvalue weighted by atomic mass is 79.9. The summed E-state index contributed by atoms with van der Waals surface area (Å²) in [5, 5.41) is 23.9. The van der Waals surface area contributed by atoms with E-state index in [0.717, 1.165) is 0 Å². The van der Waals surface area contributed by atoms with E-state index in [-0.39, 0.29) is 25.1 Å². The highest BCUT2D eigenvalue weighted by Gasteiger charge is 2.20. The van der Waals surface area contributed by atoms with Gasteiger partial charge in [-0.15, -0.1) is 0 Å². The molecule has 0 aliphatic carbocycles. The SMILES string of the molecule is CC(C)OCC(O)Cn1cc(Br)c([N+](=O)[O-])n1. The van der Waals surface area contributed by atoms with Gasteiger partial charge in [-0.05, 0) is 34.7 Å². The topological polar surface area (TPSA) is 90.4 Å². The fraction of sp³-hybridized carbons (Fsp3) is 0.667. The van der Waals surface area contributed by atoms with Crippen molar-refractivity contribution in [2.24, 2.45) is 0 Å². The number of ether oxygens (including phenoxy) is 1. The van der Waals surface area contributed by atoms with Gasteiger partial charge in [-0.1, -0.05) is 0 Å². The Bertz CT molecular complexity index is 394. The average molecular weight is 308 g/mol. The molecular weight excluding hydrogens is 294 g/mol. The summed E-state index contributed by atoms with van der Waals surface area (Å²) < 4.78 is 6.83. The minimum absolute atomic E-state index is 0.0309. The van der Waals surface area contributed by atoms with Crippen LogP contribution in [0.5, 0.6) is 0 Å². The maximum absolute atomic E-state index is 10.5. The number of rotatable bonds is 6. The van der Waals surface area contributed by atoms with Crippen molar-refractivity contribution in [1.82, 2.24) is 9.78 Å². The lowest BCUT2D eigenvalue weighted by Crippen LogP contribution is -2.24. The smallest absolute Gasteiger partial charge is 0.389 e. The second-order valence-corrected chi connectivity index (χ2v) is 4.67. The molecule has 0 radical (unpaired) electrons. The number of nitrogens with zero attached hydrogens (tertiary/aromatic N) is 3. The summed E-state index contributed by atoms with van der Waals surface area (Å²) in [5.41, 5.74) is 0. The van der Waals surface area contributed by atoms with Gasteiger partial charge in [0.1, 0.15) is 4.47 Å². The minimum atomic E-state index is -0.746. The molecule has 1 unspecified atom stereocenters. The number of aliphatic hydroxyl groups excluding tert-OH is 1. The van der Waals surface area contributed by atoms with Gasteiger partial charge in [-0.2, -0.15) is 4.68 Å². The average Bonchev–Trinajstić information content (AvgIpc) is 2.56. The van der Waals surface area contributed by atoms with Gasteiger partial charge in [-0.3, -0.25) is 0 Å². The molecule has 1 aromatic heterocycles. The van der Waals surface area contributed by atoms with Gasteiger partial charge < -0.3 is 20.0 Å². The zero-order valence-corrected chi connectivity index (χ0v) is 11.1. The van der Waals surface area contributed by atoms with Gasteiger partial charge in [-0.25, -0.2) is 0 Å². The van der Waals surface area contributed by atoms with Crippen molar-refractivity contribution in [2.45, 2.75) is 32.6 Å². The summed E-state index contributed by atoms with van der Waals surface area (Å²) in [6, 6.07) is 0. The lowest BCUT2D eigenvalue weighted by atomic mass is 10.3. The lowest BCUT2D eigenvalue weighted by molar-refractivity contribution is -0.390. The van der Waals surface area contributed by atoms with Crippen LogP contribution < -0.4 is 0 Å². The first-order valence-electron chi connectivity index (χ1n) is 5.07. The van der Waals surface area contributed by atoms with E-state index in [0.29, 0.717) is 4.47 Å². The van der Waals surface area contributed by atoms with Crippen LogP contribution >= 0.6 is 15.9 Å². The van der Waals surface area contributed by atoms with E-state index in [1.165, 1.54) is 10.9 Å². The van der Waals surface area contributed by atoms with E-state index < -0.39 is 11.0 Å². The molecule has 1 aromatic rings. The molecule has 0 saturated heterocycles. The zero-order chi connectivity index (χ0) is 13.0. The predicted octanol–water partition coefficient (Wildman–Crippen LogP) is 1.34. The first-order chi connectivity index (χ1) is 7.90. The Balaban J connectivity index is 2.57. The molecule has 17 heavy (non-hydrogen) atoms. The Kier molecular flexibility index (Phi) is 5.03. The second kappa shape index (κ2) is 6.08. The normalized spacial score (nSPS) is 13.0. The van der Waals surface area contributed by atoms with Crippen LogP contribution in [0.25, 0.3) is 0 Å². The minimum Gasteiger partial charge on any atom is -0.389 e. The van der Waals surface area contributed by atoms with Crippen LogP contribution in [-0.4, -0.2) is 38.6 Å². The number of hydrogen-bond donors (Lipinski definition) is 1. The molecule has 8 heteroatoms. The molecule has 0 spiro atoms. The van der Waals surface area contributed by atoms with Crippen molar-refractivity contribution in [2.75, 3.05) is 6.61 Å². The first kappa shape index (κ1) is 14.1. The Morgan fingerprint density at radius 2 is 2.35 bits per heavy atom. The third-order valence-corrected chi connectivity index (χ3v) is 2.45. The van der Waals surface area contributed by atoms with Crippen molar-refractivity contribution in [3.8, 4) is 0 Å². The van der Waals surface area contributed by atoms with Crippen molar-refractivity contribution in [1.29, 1.82) is 0 Å². The molecule has 7 nitrogen and oxygen atoms in total. The Morgan fingerprint density at radius 3 is 2.82 bits per heavy atom. The fourth-order valence-corrected chi connectivity index (χ4v) is 1.64. The largest absolute Gasteiger partial charge is 0.404 e. The molecule has 0 aliphatic rings. The van der Waals surface area contributed by atoms with Crippen LogP contribution in [0, 0.1) is 10.1 Å². The molecule has 0 aromatic carbocycles. The summed E-state index contributed by atoms with van der Waals surface area (Å²) in [6.45, 7) is 4.05. The molecule has 0 bridgehead atoms. The van der Waals surface area contributed by atoms with Crippen LogP contribution in [0.1, 0.15) is 13.8 Å². The van der Waals surface area contributed by atoms with E-state index in [9.17, 15) is 15.2 Å². The van der Waals surface area contributed by atoms with Gasteiger partial charge in [0.2, 0.25) is 0 Å². The Labute approximate surface area is 107 Å². The summed E-state index contributed by atoms with van der Waals surface area (Å²) in [7, 11) is 0. The first-order valence-corrected chi connectivity index (χ1v) is 5.86. The summed E-state index contributed by atoms with van der Waals surface area (Å²) in [6.07, 6.45) is 0.739. The predicted molar refractivity (Wildman–Crippen MR) is 63.7 cm³/mol. The van der Waals surface area contributed by atoms with Crippen LogP contribution in [0.3, 0.4) is 0 Å². The highest BCUT2D eigenvalue weighted by Crippen LogP contribution is 2.22. The van der Waals surface area contributed by atoms with Crippen LogP contribution in [0.4, 0.5) is 5.82 Å². The zero-order valence-electron chi connectivity index (χ0n) is 9.54. The molecule has 0 aliphatic heterocycles. The van der Waals surface area contributed by atoms with Gasteiger partial charge in [0, 0.05) is 0 Å². The molecular formula is C9H14BrN3O4. The number of aliphatic hydroxyl groups is 1. The highest BCUT2D eigenvalue weighted by molar-refractivity contribution is 9.10. The van der Waals surface area contributed by atoms with E-state index in [1.54, 1.807) is 0 Å². The number of halogens is 1. The Hall–Kier alpha value is -0.990. The van der Waals surface area contributed by atoms with E-state index >= 15 is 0 Å². The van der Waals surface area contributed by atoms with Gasteiger partial charge >= 0.3 is 5.82 Å². The molecule has 1 N–H and O–H groups in total. The molecule has 0 amide bonds. The monoisotopic (exact) mass is 307 g/mol. The second-order valence-electron chi connectivity index (χ2n) is 3.82. The molecule has 1 heterocycles. The molecule has 0 saturated carbocycles. The molecule has 96 valence electrons. The third kappa shape index (κ3) is 4.41. The standard InChI is InChI=1S/C9H14BrN3O4/c1-6(2)17-5-7(14)3-12-4-8(10)9(11-12)13(15)16/h4,6-7,14H,3,5H2,1-2H3. The van der Waals surface area contributed by atoms with Crippen molar-refractivity contribution in [3.05, 3.63) is 20.8 Å². The van der Waals surface area contributed by atoms with E-state index in [4.69, 9.17) is 4.74 Å². The van der Waals surface area contributed by atoms with Crippen LogP contribution in [0.15, 0.2) is 10.7 Å². The van der Waals surface area contributed by atoms with E-state index in [2.05, 4.69) is 21.0 Å². The van der Waals surface area contributed by atoms with Crippen molar-refractivity contribution in [3.63, 3.8) is 0 Å². The lowest BCUT2D eigenvalue weighted by Gasteiger charge is -2.11. The molecule has 1 atom stereocenters. The van der Waals surface area contributed by atoms with Crippen molar-refractivity contribution >= 4 is 21.7 Å². The number of hydrogen-bond acceptors (Lipinski definition) is 5. The maximum atomic E-state index is 10.5. The van der Waals surface area contributed by atoms with Crippen molar-refractivity contribution < 1.29 is 14.8 Å². The van der Waals surface area contributed by atoms with Gasteiger partial charge in [0.05, 0.1) is 36.7 Å². The molecule has 0 fully saturated rings. The number of aromatic nitrogens is 2. The number of nitro groups is 1.